The molecule has 1 aliphatic carbocycles. The van der Waals surface area contributed by atoms with Crippen molar-refractivity contribution in [3.05, 3.63) is 34.9 Å². The Balaban J connectivity index is 1.79. The summed E-state index contributed by atoms with van der Waals surface area (Å²) in [7, 11) is 1.61. The minimum Gasteiger partial charge on any atom is -0.382 e. The van der Waals surface area contributed by atoms with Crippen molar-refractivity contribution < 1.29 is 14.3 Å². The Kier molecular flexibility index (Phi) is 6.68. The van der Waals surface area contributed by atoms with E-state index in [9.17, 15) is 4.79 Å². The number of carbonyl (C=O) groups excluding carboxylic acids is 1. The first kappa shape index (κ1) is 16.8. The Morgan fingerprint density at radius 1 is 1.23 bits per heavy atom. The molecule has 0 heterocycles. The van der Waals surface area contributed by atoms with Gasteiger partial charge in [0.15, 0.2) is 0 Å². The monoisotopic (exact) mass is 306 g/mol. The number of methoxy groups -OCH3 is 1. The van der Waals surface area contributed by atoms with Crippen LogP contribution in [0.1, 0.15) is 42.5 Å². The first-order valence-electron chi connectivity index (χ1n) is 7.93. The minimum absolute atomic E-state index is 0.0220. The topological polar surface area (TPSA) is 59.6 Å². The summed E-state index contributed by atoms with van der Waals surface area (Å²) in [4.78, 5) is 11.8. The lowest BCUT2D eigenvalue weighted by atomic mass is 9.89. The second-order valence-electron chi connectivity index (χ2n) is 5.65. The van der Waals surface area contributed by atoms with Gasteiger partial charge < -0.3 is 20.1 Å². The highest BCUT2D eigenvalue weighted by Gasteiger charge is 2.13. The Morgan fingerprint density at radius 3 is 2.77 bits per heavy atom. The van der Waals surface area contributed by atoms with Crippen molar-refractivity contribution in [1.82, 2.24) is 10.6 Å². The highest BCUT2D eigenvalue weighted by atomic mass is 16.5. The molecule has 0 fully saturated rings. The number of hydrogen-bond donors (Lipinski definition) is 2. The van der Waals surface area contributed by atoms with E-state index in [0.29, 0.717) is 13.2 Å². The molecule has 2 amide bonds. The van der Waals surface area contributed by atoms with Gasteiger partial charge >= 0.3 is 6.03 Å². The third kappa shape index (κ3) is 5.00. The van der Waals surface area contributed by atoms with Gasteiger partial charge in [0.05, 0.1) is 19.3 Å². The first-order valence-corrected chi connectivity index (χ1v) is 7.93. The van der Waals surface area contributed by atoms with E-state index in [1.54, 1.807) is 7.11 Å². The lowest BCUT2D eigenvalue weighted by Crippen LogP contribution is -2.38. The number of hydrogen-bond acceptors (Lipinski definition) is 3. The molecule has 0 aromatic heterocycles. The maximum absolute atomic E-state index is 11.8. The summed E-state index contributed by atoms with van der Waals surface area (Å²) >= 11 is 0. The van der Waals surface area contributed by atoms with Gasteiger partial charge in [0, 0.05) is 7.11 Å². The molecule has 0 saturated carbocycles. The Labute approximate surface area is 132 Å². The molecular formula is C17H26N2O3. The molecule has 1 aromatic carbocycles. The highest BCUT2D eigenvalue weighted by Crippen LogP contribution is 2.24. The zero-order chi connectivity index (χ0) is 15.8. The standard InChI is InChI=1S/C17H26N2O3/c1-13(19-17(20)18-12-22-10-9-21-2)15-8-7-14-5-3-4-6-16(14)11-15/h7-8,11,13H,3-6,9-10,12H2,1-2H3,(H2,18,19,20). The number of fused-ring (bicyclic) bond motifs is 1. The van der Waals surface area contributed by atoms with Gasteiger partial charge in [-0.25, -0.2) is 4.79 Å². The lowest BCUT2D eigenvalue weighted by Gasteiger charge is -2.20. The van der Waals surface area contributed by atoms with E-state index in [1.165, 1.54) is 30.4 Å². The Morgan fingerprint density at radius 2 is 2.00 bits per heavy atom. The van der Waals surface area contributed by atoms with Gasteiger partial charge in [0.1, 0.15) is 6.73 Å². The molecule has 0 saturated heterocycles. The minimum atomic E-state index is -0.220. The number of rotatable bonds is 7. The molecular weight excluding hydrogens is 280 g/mol. The fraction of sp³-hybridized carbons (Fsp3) is 0.588. The third-order valence-corrected chi connectivity index (χ3v) is 3.99. The zero-order valence-corrected chi connectivity index (χ0v) is 13.5. The van der Waals surface area contributed by atoms with Crippen LogP contribution in [-0.4, -0.2) is 33.1 Å². The predicted octanol–water partition coefficient (Wildman–Crippen LogP) is 2.55. The van der Waals surface area contributed by atoms with Crippen LogP contribution in [-0.2, 0) is 22.3 Å². The molecule has 0 aliphatic heterocycles. The van der Waals surface area contributed by atoms with Gasteiger partial charge in [0.25, 0.3) is 0 Å². The van der Waals surface area contributed by atoms with Crippen LogP contribution in [0, 0.1) is 0 Å². The highest BCUT2D eigenvalue weighted by molar-refractivity contribution is 5.74. The Bertz CT molecular complexity index is 491. The lowest BCUT2D eigenvalue weighted by molar-refractivity contribution is 0.0641. The molecule has 2 rings (SSSR count). The van der Waals surface area contributed by atoms with E-state index in [1.807, 2.05) is 6.92 Å². The van der Waals surface area contributed by atoms with Crippen molar-refractivity contribution in [3.8, 4) is 0 Å². The SMILES string of the molecule is COCCOCNC(=O)NC(C)c1ccc2c(c1)CCCC2. The first-order chi connectivity index (χ1) is 10.7. The number of nitrogens with one attached hydrogen (secondary N) is 2. The fourth-order valence-corrected chi connectivity index (χ4v) is 2.68. The summed E-state index contributed by atoms with van der Waals surface area (Å²) in [5, 5.41) is 5.61. The van der Waals surface area contributed by atoms with Crippen LogP contribution in [0.15, 0.2) is 18.2 Å². The molecule has 2 N–H and O–H groups in total. The van der Waals surface area contributed by atoms with E-state index in [4.69, 9.17) is 9.47 Å². The van der Waals surface area contributed by atoms with Gasteiger partial charge in [0.2, 0.25) is 0 Å². The summed E-state index contributed by atoms with van der Waals surface area (Å²) in [6.45, 7) is 3.17. The van der Waals surface area contributed by atoms with Crippen molar-refractivity contribution in [2.75, 3.05) is 27.1 Å². The summed E-state index contributed by atoms with van der Waals surface area (Å²) < 4.78 is 10.1. The van der Waals surface area contributed by atoms with Crippen LogP contribution in [0.2, 0.25) is 0 Å². The van der Waals surface area contributed by atoms with Crippen molar-refractivity contribution >= 4 is 6.03 Å². The van der Waals surface area contributed by atoms with E-state index in [2.05, 4.69) is 28.8 Å². The summed E-state index contributed by atoms with van der Waals surface area (Å²) in [5.41, 5.74) is 4.04. The molecule has 0 spiro atoms. The van der Waals surface area contributed by atoms with E-state index in [0.717, 1.165) is 12.0 Å². The van der Waals surface area contributed by atoms with Gasteiger partial charge in [-0.15, -0.1) is 0 Å². The van der Waals surface area contributed by atoms with Crippen molar-refractivity contribution in [1.29, 1.82) is 0 Å². The van der Waals surface area contributed by atoms with E-state index in [-0.39, 0.29) is 18.8 Å². The van der Waals surface area contributed by atoms with Crippen LogP contribution in [0.3, 0.4) is 0 Å². The molecule has 1 unspecified atom stereocenters. The fourth-order valence-electron chi connectivity index (χ4n) is 2.68. The molecule has 22 heavy (non-hydrogen) atoms. The van der Waals surface area contributed by atoms with Crippen LogP contribution in [0.25, 0.3) is 0 Å². The normalized spacial score (nSPS) is 15.0. The van der Waals surface area contributed by atoms with E-state index < -0.39 is 0 Å². The van der Waals surface area contributed by atoms with Gasteiger partial charge in [-0.1, -0.05) is 18.2 Å². The zero-order valence-electron chi connectivity index (χ0n) is 13.5. The predicted molar refractivity (Wildman–Crippen MR) is 85.9 cm³/mol. The molecule has 1 atom stereocenters. The molecule has 0 radical (unpaired) electrons. The van der Waals surface area contributed by atoms with Gasteiger partial charge in [-0.2, -0.15) is 0 Å². The molecule has 0 bridgehead atoms. The van der Waals surface area contributed by atoms with Crippen molar-refractivity contribution in [2.24, 2.45) is 0 Å². The van der Waals surface area contributed by atoms with Gasteiger partial charge in [-0.05, 0) is 49.3 Å². The Hall–Kier alpha value is -1.59. The number of carbonyl (C=O) groups is 1. The van der Waals surface area contributed by atoms with Crippen molar-refractivity contribution in [2.45, 2.75) is 38.6 Å². The van der Waals surface area contributed by atoms with Crippen LogP contribution in [0.5, 0.6) is 0 Å². The molecule has 122 valence electrons. The third-order valence-electron chi connectivity index (χ3n) is 3.99. The second-order valence-corrected chi connectivity index (χ2v) is 5.65. The van der Waals surface area contributed by atoms with Crippen LogP contribution in [0.4, 0.5) is 4.79 Å². The summed E-state index contributed by atoms with van der Waals surface area (Å²) in [6, 6.07) is 6.31. The van der Waals surface area contributed by atoms with Crippen LogP contribution >= 0.6 is 0 Å². The molecule has 1 aromatic rings. The largest absolute Gasteiger partial charge is 0.382 e. The second kappa shape index (κ2) is 8.76. The number of urea groups is 1. The average Bonchev–Trinajstić information content (AvgIpc) is 2.54. The average molecular weight is 306 g/mol. The van der Waals surface area contributed by atoms with Crippen LogP contribution < -0.4 is 10.6 Å². The molecule has 5 heteroatoms. The summed E-state index contributed by atoms with van der Waals surface area (Å²) in [6.07, 6.45) is 4.87. The number of ether oxygens (including phenoxy) is 2. The summed E-state index contributed by atoms with van der Waals surface area (Å²) in [5.74, 6) is 0. The maximum atomic E-state index is 11.8. The number of aryl methyl sites for hydroxylation is 2. The number of amides is 2. The van der Waals surface area contributed by atoms with Gasteiger partial charge in [-0.3, -0.25) is 0 Å². The van der Waals surface area contributed by atoms with E-state index >= 15 is 0 Å². The van der Waals surface area contributed by atoms with Crippen molar-refractivity contribution in [3.63, 3.8) is 0 Å². The maximum Gasteiger partial charge on any atom is 0.317 e. The quantitative estimate of drug-likeness (QED) is 0.601. The molecule has 5 nitrogen and oxygen atoms in total. The molecule has 1 aliphatic rings. The number of benzene rings is 1. The smallest absolute Gasteiger partial charge is 0.317 e.